The molecule has 1 aliphatic heterocycles. The van der Waals surface area contributed by atoms with E-state index in [9.17, 15) is 19.2 Å². The molecule has 2 N–H and O–H groups in total. The van der Waals surface area contributed by atoms with Crippen LogP contribution >= 0.6 is 0 Å². The van der Waals surface area contributed by atoms with Gasteiger partial charge in [0.2, 0.25) is 0 Å². The third-order valence-electron chi connectivity index (χ3n) is 4.99. The number of hydrogen-bond donors (Lipinski definition) is 2. The molecule has 0 bridgehead atoms. The molecule has 34 heavy (non-hydrogen) atoms. The van der Waals surface area contributed by atoms with Gasteiger partial charge in [0.1, 0.15) is 11.3 Å². The Morgan fingerprint density at radius 3 is 2.44 bits per heavy atom. The summed E-state index contributed by atoms with van der Waals surface area (Å²) in [6, 6.07) is 21.5. The highest BCUT2D eigenvalue weighted by molar-refractivity contribution is 6.39. The fourth-order valence-electron chi connectivity index (χ4n) is 3.31. The van der Waals surface area contributed by atoms with E-state index >= 15 is 0 Å². The summed E-state index contributed by atoms with van der Waals surface area (Å²) in [5, 5.41) is 4.93. The van der Waals surface area contributed by atoms with E-state index in [1.165, 1.54) is 6.08 Å². The molecule has 8 nitrogen and oxygen atoms in total. The summed E-state index contributed by atoms with van der Waals surface area (Å²) in [7, 11) is 0. The zero-order valence-electron chi connectivity index (χ0n) is 18.3. The Morgan fingerprint density at radius 1 is 0.971 bits per heavy atom. The second-order valence-corrected chi connectivity index (χ2v) is 7.57. The quantitative estimate of drug-likeness (QED) is 0.436. The number of benzene rings is 3. The number of carbonyl (C=O) groups excluding carboxylic acids is 4. The molecule has 0 aromatic heterocycles. The molecule has 1 saturated heterocycles. The van der Waals surface area contributed by atoms with Crippen LogP contribution < -0.4 is 20.3 Å². The van der Waals surface area contributed by atoms with Crippen molar-refractivity contribution in [3.63, 3.8) is 0 Å². The Balaban J connectivity index is 1.47. The molecule has 1 fully saturated rings. The molecule has 5 amide bonds. The summed E-state index contributed by atoms with van der Waals surface area (Å²) >= 11 is 0. The monoisotopic (exact) mass is 455 g/mol. The molecule has 4 rings (SSSR count). The highest BCUT2D eigenvalue weighted by Gasteiger charge is 2.36. The van der Waals surface area contributed by atoms with Crippen LogP contribution in [0.5, 0.6) is 5.75 Å². The summed E-state index contributed by atoms with van der Waals surface area (Å²) < 4.78 is 5.56. The number of para-hydroxylation sites is 1. The topological polar surface area (TPSA) is 105 Å². The van der Waals surface area contributed by atoms with Crippen LogP contribution in [-0.4, -0.2) is 30.4 Å². The number of hydrogen-bond acceptors (Lipinski definition) is 5. The molecule has 0 spiro atoms. The van der Waals surface area contributed by atoms with Crippen LogP contribution in [0.1, 0.15) is 11.1 Å². The van der Waals surface area contributed by atoms with Gasteiger partial charge in [0, 0.05) is 5.69 Å². The second-order valence-electron chi connectivity index (χ2n) is 7.57. The van der Waals surface area contributed by atoms with Crippen molar-refractivity contribution in [2.75, 3.05) is 16.8 Å². The second kappa shape index (κ2) is 9.83. The molecule has 8 heteroatoms. The molecular weight excluding hydrogens is 434 g/mol. The SMILES string of the molecule is Cc1ccc(NC(=O)COc2cccc(/C=C3/C(=O)NC(=O)N(c4ccccc4)C3=O)c2)cc1. The first-order valence-corrected chi connectivity index (χ1v) is 10.5. The van der Waals surface area contributed by atoms with Gasteiger partial charge < -0.3 is 10.1 Å². The minimum atomic E-state index is -0.810. The Kier molecular flexibility index (Phi) is 6.49. The molecule has 0 saturated carbocycles. The van der Waals surface area contributed by atoms with Crippen LogP contribution in [0.3, 0.4) is 0 Å². The number of anilines is 2. The van der Waals surface area contributed by atoms with Crippen LogP contribution in [0.4, 0.5) is 16.2 Å². The molecular formula is C26H21N3O5. The number of nitrogens with zero attached hydrogens (tertiary/aromatic N) is 1. The van der Waals surface area contributed by atoms with Crippen molar-refractivity contribution in [2.45, 2.75) is 6.92 Å². The number of barbiturate groups is 1. The number of ether oxygens (including phenoxy) is 1. The van der Waals surface area contributed by atoms with Gasteiger partial charge >= 0.3 is 6.03 Å². The Bertz CT molecular complexity index is 1280. The highest BCUT2D eigenvalue weighted by atomic mass is 16.5. The largest absolute Gasteiger partial charge is 0.484 e. The maximum Gasteiger partial charge on any atom is 0.335 e. The lowest BCUT2D eigenvalue weighted by molar-refractivity contribution is -0.122. The lowest BCUT2D eigenvalue weighted by Gasteiger charge is -2.26. The van der Waals surface area contributed by atoms with Crippen LogP contribution in [0.2, 0.25) is 0 Å². The fourth-order valence-corrected chi connectivity index (χ4v) is 3.31. The van der Waals surface area contributed by atoms with E-state index in [1.54, 1.807) is 66.7 Å². The predicted octanol–water partition coefficient (Wildman–Crippen LogP) is 3.68. The van der Waals surface area contributed by atoms with Gasteiger partial charge in [0.25, 0.3) is 17.7 Å². The Morgan fingerprint density at radius 2 is 1.71 bits per heavy atom. The van der Waals surface area contributed by atoms with Crippen LogP contribution in [0.25, 0.3) is 6.08 Å². The minimum absolute atomic E-state index is 0.197. The van der Waals surface area contributed by atoms with Gasteiger partial charge in [-0.05, 0) is 55.0 Å². The molecule has 0 radical (unpaired) electrons. The summed E-state index contributed by atoms with van der Waals surface area (Å²) in [6.45, 7) is 1.74. The molecule has 3 aromatic rings. The molecule has 170 valence electrons. The molecule has 0 unspecified atom stereocenters. The number of rotatable bonds is 6. The molecule has 3 aromatic carbocycles. The normalized spacial score (nSPS) is 14.7. The van der Waals surface area contributed by atoms with E-state index in [0.29, 0.717) is 22.7 Å². The van der Waals surface area contributed by atoms with Crippen LogP contribution in [0, 0.1) is 6.92 Å². The number of amides is 5. The van der Waals surface area contributed by atoms with E-state index in [4.69, 9.17) is 4.74 Å². The first kappa shape index (κ1) is 22.5. The minimum Gasteiger partial charge on any atom is -0.484 e. The van der Waals surface area contributed by atoms with Gasteiger partial charge in [0.05, 0.1) is 5.69 Å². The van der Waals surface area contributed by atoms with Crippen LogP contribution in [-0.2, 0) is 14.4 Å². The van der Waals surface area contributed by atoms with Gasteiger partial charge in [0.15, 0.2) is 6.61 Å². The lowest BCUT2D eigenvalue weighted by Crippen LogP contribution is -2.54. The third-order valence-corrected chi connectivity index (χ3v) is 4.99. The zero-order chi connectivity index (χ0) is 24.1. The van der Waals surface area contributed by atoms with E-state index in [-0.39, 0.29) is 18.1 Å². The number of nitrogens with one attached hydrogen (secondary N) is 2. The first-order valence-electron chi connectivity index (χ1n) is 10.5. The highest BCUT2D eigenvalue weighted by Crippen LogP contribution is 2.23. The van der Waals surface area contributed by atoms with E-state index < -0.39 is 17.8 Å². The number of urea groups is 1. The van der Waals surface area contributed by atoms with Gasteiger partial charge in [-0.15, -0.1) is 0 Å². The van der Waals surface area contributed by atoms with Crippen molar-refractivity contribution in [3.05, 3.63) is 95.6 Å². The van der Waals surface area contributed by atoms with Crippen molar-refractivity contribution >= 4 is 41.2 Å². The lowest BCUT2D eigenvalue weighted by atomic mass is 10.1. The van der Waals surface area contributed by atoms with Gasteiger partial charge in [-0.2, -0.15) is 0 Å². The van der Waals surface area contributed by atoms with Crippen molar-refractivity contribution in [2.24, 2.45) is 0 Å². The fraction of sp³-hybridized carbons (Fsp3) is 0.0769. The average molecular weight is 455 g/mol. The summed E-state index contributed by atoms with van der Waals surface area (Å²) in [6.07, 6.45) is 1.37. The van der Waals surface area contributed by atoms with Crippen molar-refractivity contribution in [1.82, 2.24) is 5.32 Å². The summed E-state index contributed by atoms with van der Waals surface area (Å²) in [5.41, 5.74) is 2.40. The smallest absolute Gasteiger partial charge is 0.335 e. The Labute approximate surface area is 195 Å². The molecule has 1 aliphatic rings. The predicted molar refractivity (Wildman–Crippen MR) is 127 cm³/mol. The summed E-state index contributed by atoms with van der Waals surface area (Å²) in [5.74, 6) is -1.46. The number of carbonyl (C=O) groups is 4. The zero-order valence-corrected chi connectivity index (χ0v) is 18.3. The van der Waals surface area contributed by atoms with Gasteiger partial charge in [-0.1, -0.05) is 48.0 Å². The standard InChI is InChI=1S/C26H21N3O5/c1-17-10-12-19(13-11-17)27-23(30)16-34-21-9-5-6-18(14-21)15-22-24(31)28-26(33)29(25(22)32)20-7-3-2-4-8-20/h2-15H,16H2,1H3,(H,27,30)(H,28,31,33)/b22-15-. The van der Waals surface area contributed by atoms with Gasteiger partial charge in [-0.25, -0.2) is 9.69 Å². The summed E-state index contributed by atoms with van der Waals surface area (Å²) in [4.78, 5) is 50.6. The van der Waals surface area contributed by atoms with Crippen molar-refractivity contribution in [3.8, 4) is 5.75 Å². The third kappa shape index (κ3) is 5.18. The molecule has 0 atom stereocenters. The maximum absolute atomic E-state index is 12.9. The van der Waals surface area contributed by atoms with E-state index in [0.717, 1.165) is 10.5 Å². The molecule has 0 aliphatic carbocycles. The van der Waals surface area contributed by atoms with Crippen molar-refractivity contribution < 1.29 is 23.9 Å². The average Bonchev–Trinajstić information content (AvgIpc) is 2.83. The molecule has 1 heterocycles. The Hall–Kier alpha value is -4.72. The van der Waals surface area contributed by atoms with E-state index in [2.05, 4.69) is 10.6 Å². The van der Waals surface area contributed by atoms with E-state index in [1.807, 2.05) is 19.1 Å². The first-order chi connectivity index (χ1) is 16.4. The number of aryl methyl sites for hydroxylation is 1. The number of imide groups is 2. The van der Waals surface area contributed by atoms with Crippen molar-refractivity contribution in [1.29, 1.82) is 0 Å². The van der Waals surface area contributed by atoms with Crippen LogP contribution in [0.15, 0.2) is 84.4 Å². The maximum atomic E-state index is 12.9. The van der Waals surface area contributed by atoms with Gasteiger partial charge in [-0.3, -0.25) is 19.7 Å².